The number of esters is 1. The molecule has 3 N–H and O–H groups in total. The molecule has 0 saturated heterocycles. The molecule has 0 unspecified atom stereocenters. The lowest BCUT2D eigenvalue weighted by Gasteiger charge is -2.12. The van der Waals surface area contributed by atoms with Crippen LogP contribution in [0.25, 0.3) is 0 Å². The van der Waals surface area contributed by atoms with Gasteiger partial charge in [0.05, 0.1) is 5.71 Å². The second-order valence-corrected chi connectivity index (χ2v) is 4.79. The number of benzene rings is 1. The van der Waals surface area contributed by atoms with Crippen LogP contribution in [-0.4, -0.2) is 17.6 Å². The van der Waals surface area contributed by atoms with Crippen molar-refractivity contribution in [1.29, 1.82) is 0 Å². The van der Waals surface area contributed by atoms with Crippen LogP contribution in [0.1, 0.15) is 30.9 Å². The van der Waals surface area contributed by atoms with Gasteiger partial charge >= 0.3 is 5.97 Å². The van der Waals surface area contributed by atoms with Gasteiger partial charge in [0, 0.05) is 24.6 Å². The summed E-state index contributed by atoms with van der Waals surface area (Å²) in [6.45, 7) is 1.81. The molecule has 6 nitrogen and oxygen atoms in total. The van der Waals surface area contributed by atoms with Gasteiger partial charge in [-0.05, 0) is 18.1 Å². The molecule has 0 bridgehead atoms. The van der Waals surface area contributed by atoms with Gasteiger partial charge in [-0.2, -0.15) is 5.10 Å². The predicted octanol–water partition coefficient (Wildman–Crippen LogP) is 1.21. The number of hydrogen-bond donors (Lipinski definition) is 2. The van der Waals surface area contributed by atoms with Gasteiger partial charge in [0.15, 0.2) is 0 Å². The molecule has 0 aromatic heterocycles. The highest BCUT2D eigenvalue weighted by Gasteiger charge is 2.13. The summed E-state index contributed by atoms with van der Waals surface area (Å²) in [5.74, 6) is -0.524. The fourth-order valence-corrected chi connectivity index (χ4v) is 1.86. The van der Waals surface area contributed by atoms with Crippen molar-refractivity contribution >= 4 is 17.6 Å². The molecule has 0 saturated carbocycles. The number of nitrogens with one attached hydrogen (secondary N) is 1. The zero-order valence-electron chi connectivity index (χ0n) is 11.8. The van der Waals surface area contributed by atoms with Crippen LogP contribution in [0, 0.1) is 0 Å². The molecule has 1 amide bonds. The van der Waals surface area contributed by atoms with E-state index in [4.69, 9.17) is 10.5 Å². The molecule has 0 fully saturated rings. The van der Waals surface area contributed by atoms with Crippen LogP contribution < -0.4 is 11.2 Å². The van der Waals surface area contributed by atoms with E-state index in [0.717, 1.165) is 16.8 Å². The Morgan fingerprint density at radius 1 is 1.38 bits per heavy atom. The zero-order chi connectivity index (χ0) is 15.2. The topological polar surface area (TPSA) is 93.8 Å². The molecule has 0 radical (unpaired) electrons. The summed E-state index contributed by atoms with van der Waals surface area (Å²) in [6, 6.07) is 7.51. The average molecular weight is 287 g/mol. The first-order valence-electron chi connectivity index (χ1n) is 6.60. The first kappa shape index (κ1) is 14.8. The van der Waals surface area contributed by atoms with Crippen molar-refractivity contribution < 1.29 is 14.3 Å². The van der Waals surface area contributed by atoms with E-state index in [1.165, 1.54) is 6.08 Å². The van der Waals surface area contributed by atoms with Crippen molar-refractivity contribution in [3.8, 4) is 0 Å². The first-order chi connectivity index (χ1) is 10.0. The van der Waals surface area contributed by atoms with Crippen molar-refractivity contribution in [2.45, 2.75) is 26.4 Å². The van der Waals surface area contributed by atoms with Crippen molar-refractivity contribution in [3.05, 3.63) is 47.2 Å². The predicted molar refractivity (Wildman–Crippen MR) is 78.1 cm³/mol. The molecule has 0 atom stereocenters. The number of rotatable bonds is 4. The van der Waals surface area contributed by atoms with Crippen LogP contribution in [0.5, 0.6) is 0 Å². The number of carbonyl (C=O) groups excluding carboxylic acids is 2. The second-order valence-electron chi connectivity index (χ2n) is 4.79. The summed E-state index contributed by atoms with van der Waals surface area (Å²) in [4.78, 5) is 22.4. The monoisotopic (exact) mass is 287 g/mol. The van der Waals surface area contributed by atoms with Crippen molar-refractivity contribution in [3.63, 3.8) is 0 Å². The van der Waals surface area contributed by atoms with Gasteiger partial charge in [0.1, 0.15) is 6.61 Å². The number of ether oxygens (including phenoxy) is 1. The Kier molecular flexibility index (Phi) is 4.71. The second kappa shape index (κ2) is 6.69. The van der Waals surface area contributed by atoms with Gasteiger partial charge in [-0.3, -0.25) is 4.79 Å². The summed E-state index contributed by atoms with van der Waals surface area (Å²) >= 11 is 0. The van der Waals surface area contributed by atoms with Gasteiger partial charge in [-0.1, -0.05) is 24.3 Å². The van der Waals surface area contributed by atoms with Crippen LogP contribution in [0.3, 0.4) is 0 Å². The number of nitrogens with zero attached hydrogens (tertiary/aromatic N) is 1. The smallest absolute Gasteiger partial charge is 0.332 e. The minimum atomic E-state index is -0.460. The van der Waals surface area contributed by atoms with E-state index >= 15 is 0 Å². The van der Waals surface area contributed by atoms with Crippen LogP contribution in [0.2, 0.25) is 0 Å². The van der Waals surface area contributed by atoms with E-state index in [1.54, 1.807) is 6.92 Å². The van der Waals surface area contributed by atoms with Crippen LogP contribution in [-0.2, 0) is 20.9 Å². The van der Waals surface area contributed by atoms with Crippen LogP contribution in [0.4, 0.5) is 0 Å². The molecule has 1 aromatic rings. The lowest BCUT2D eigenvalue weighted by molar-refractivity contribution is -0.139. The minimum Gasteiger partial charge on any atom is -0.458 e. The summed E-state index contributed by atoms with van der Waals surface area (Å²) in [5.41, 5.74) is 10.9. The Bertz CT molecular complexity index is 599. The van der Waals surface area contributed by atoms with E-state index in [2.05, 4.69) is 10.5 Å². The van der Waals surface area contributed by atoms with E-state index < -0.39 is 5.97 Å². The molecule has 21 heavy (non-hydrogen) atoms. The molecule has 1 heterocycles. The number of hydrazone groups is 1. The minimum absolute atomic E-state index is 0.0643. The Labute approximate surface area is 122 Å². The molecule has 1 aromatic carbocycles. The maximum Gasteiger partial charge on any atom is 0.332 e. The molecule has 0 spiro atoms. The lowest BCUT2D eigenvalue weighted by atomic mass is 10.0. The molecule has 110 valence electrons. The summed E-state index contributed by atoms with van der Waals surface area (Å²) in [6.07, 6.45) is 2.32. The zero-order valence-corrected chi connectivity index (χ0v) is 11.8. The molecule has 2 rings (SSSR count). The van der Waals surface area contributed by atoms with E-state index in [0.29, 0.717) is 18.5 Å². The van der Waals surface area contributed by atoms with Gasteiger partial charge in [0.25, 0.3) is 0 Å². The van der Waals surface area contributed by atoms with E-state index in [-0.39, 0.29) is 12.5 Å². The maximum atomic E-state index is 11.3. The van der Waals surface area contributed by atoms with Gasteiger partial charge < -0.3 is 10.5 Å². The third-order valence-corrected chi connectivity index (χ3v) is 2.92. The Morgan fingerprint density at radius 2 is 2.10 bits per heavy atom. The highest BCUT2D eigenvalue weighted by atomic mass is 16.5. The highest BCUT2D eigenvalue weighted by molar-refractivity contribution is 6.04. The molecular weight excluding hydrogens is 270 g/mol. The quantitative estimate of drug-likeness (QED) is 0.643. The van der Waals surface area contributed by atoms with Crippen LogP contribution >= 0.6 is 0 Å². The Morgan fingerprint density at radius 3 is 2.67 bits per heavy atom. The Hall–Kier alpha value is -2.63. The van der Waals surface area contributed by atoms with Gasteiger partial charge in [-0.15, -0.1) is 0 Å². The largest absolute Gasteiger partial charge is 0.458 e. The fourth-order valence-electron chi connectivity index (χ4n) is 1.86. The molecule has 6 heteroatoms. The van der Waals surface area contributed by atoms with E-state index in [9.17, 15) is 9.59 Å². The number of hydrogen-bond acceptors (Lipinski definition) is 5. The number of carbonyl (C=O) groups is 2. The number of nitrogens with two attached hydrogens (primary N) is 1. The molecular formula is C15H17N3O3. The normalized spacial score (nSPS) is 15.2. The standard InChI is InChI=1S/C15H17N3O3/c1-10(16)8-15(20)21-9-11-2-4-12(5-3-11)13-6-7-14(19)18-17-13/h2-5,8H,6-7,9,16H2,1H3,(H,18,19)/b10-8-. The third-order valence-electron chi connectivity index (χ3n) is 2.92. The maximum absolute atomic E-state index is 11.3. The van der Waals surface area contributed by atoms with Crippen molar-refractivity contribution in [2.75, 3.05) is 0 Å². The van der Waals surface area contributed by atoms with Crippen molar-refractivity contribution in [2.24, 2.45) is 10.8 Å². The summed E-state index contributed by atoms with van der Waals surface area (Å²) in [7, 11) is 0. The lowest BCUT2D eigenvalue weighted by Crippen LogP contribution is -2.25. The van der Waals surface area contributed by atoms with Crippen LogP contribution in [0.15, 0.2) is 41.1 Å². The number of allylic oxidation sites excluding steroid dienone is 1. The van der Waals surface area contributed by atoms with E-state index in [1.807, 2.05) is 24.3 Å². The average Bonchev–Trinajstić information content (AvgIpc) is 2.46. The van der Waals surface area contributed by atoms with Gasteiger partial charge in [0.2, 0.25) is 5.91 Å². The van der Waals surface area contributed by atoms with Crippen molar-refractivity contribution in [1.82, 2.24) is 5.43 Å². The van der Waals surface area contributed by atoms with Gasteiger partial charge in [-0.25, -0.2) is 10.2 Å². The summed E-state index contributed by atoms with van der Waals surface area (Å²) < 4.78 is 5.06. The Balaban J connectivity index is 1.95. The summed E-state index contributed by atoms with van der Waals surface area (Å²) in [5, 5.41) is 4.03. The molecule has 1 aliphatic rings. The third kappa shape index (κ3) is 4.45. The molecule has 0 aliphatic carbocycles. The molecule has 1 aliphatic heterocycles. The first-order valence-corrected chi connectivity index (χ1v) is 6.60. The number of amides is 1. The fraction of sp³-hybridized carbons (Fsp3) is 0.267. The highest BCUT2D eigenvalue weighted by Crippen LogP contribution is 2.12. The SMILES string of the molecule is C/C(N)=C/C(=O)OCc1ccc(C2=NNC(=O)CC2)cc1.